The molecule has 0 amide bonds. The lowest BCUT2D eigenvalue weighted by atomic mass is 9.96. The fraction of sp³-hybridized carbons (Fsp3) is 0.235. The summed E-state index contributed by atoms with van der Waals surface area (Å²) >= 11 is 0. The van der Waals surface area contributed by atoms with E-state index in [1.165, 1.54) is 6.07 Å². The first-order chi connectivity index (χ1) is 11.7. The highest BCUT2D eigenvalue weighted by molar-refractivity contribution is 5.90. The van der Waals surface area contributed by atoms with Crippen molar-refractivity contribution in [1.82, 2.24) is 15.0 Å². The number of hydrogen-bond donors (Lipinski definition) is 2. The number of aromatic nitrogens is 3. The Balaban J connectivity index is 0.00000243. The van der Waals surface area contributed by atoms with E-state index >= 15 is 0 Å². The van der Waals surface area contributed by atoms with Crippen molar-refractivity contribution in [3.63, 3.8) is 0 Å². The molecule has 3 rings (SSSR count). The van der Waals surface area contributed by atoms with E-state index in [0.29, 0.717) is 28.7 Å². The molecular formula is C17H17ClF3N5. The van der Waals surface area contributed by atoms with Crippen LogP contribution < -0.4 is 11.5 Å². The molecule has 0 aliphatic carbocycles. The Hall–Kier alpha value is -2.61. The van der Waals surface area contributed by atoms with Crippen LogP contribution in [0.15, 0.2) is 24.3 Å². The molecule has 5 nitrogen and oxygen atoms in total. The number of nitrogens with zero attached hydrogens (tertiary/aromatic N) is 3. The van der Waals surface area contributed by atoms with E-state index in [2.05, 4.69) is 15.0 Å². The zero-order chi connectivity index (χ0) is 18.4. The molecule has 3 aromatic rings. The van der Waals surface area contributed by atoms with Crippen molar-refractivity contribution in [1.29, 1.82) is 0 Å². The van der Waals surface area contributed by atoms with E-state index in [1.807, 2.05) is 6.92 Å². The summed E-state index contributed by atoms with van der Waals surface area (Å²) in [5.74, 6) is 0.236. The number of aryl methyl sites for hydroxylation is 2. The van der Waals surface area contributed by atoms with Gasteiger partial charge in [-0.05, 0) is 43.0 Å². The Labute approximate surface area is 154 Å². The van der Waals surface area contributed by atoms with Gasteiger partial charge in [-0.2, -0.15) is 23.1 Å². The van der Waals surface area contributed by atoms with Crippen molar-refractivity contribution in [3.05, 3.63) is 52.2 Å². The van der Waals surface area contributed by atoms with E-state index < -0.39 is 11.7 Å². The van der Waals surface area contributed by atoms with Crippen molar-refractivity contribution >= 4 is 35.2 Å². The molecule has 2 aromatic heterocycles. The third-order valence-electron chi connectivity index (χ3n) is 4.11. The summed E-state index contributed by atoms with van der Waals surface area (Å²) in [6.45, 7) is 3.61. The van der Waals surface area contributed by atoms with Gasteiger partial charge in [0.15, 0.2) is 5.65 Å². The van der Waals surface area contributed by atoms with Gasteiger partial charge in [-0.15, -0.1) is 12.4 Å². The molecule has 138 valence electrons. The molecule has 2 heterocycles. The van der Waals surface area contributed by atoms with Crippen molar-refractivity contribution in [2.45, 2.75) is 26.4 Å². The Morgan fingerprint density at radius 1 is 1.04 bits per heavy atom. The van der Waals surface area contributed by atoms with Crippen LogP contribution in [0.2, 0.25) is 0 Å². The van der Waals surface area contributed by atoms with Gasteiger partial charge >= 0.3 is 6.18 Å². The maximum absolute atomic E-state index is 12.9. The predicted molar refractivity (Wildman–Crippen MR) is 97.1 cm³/mol. The van der Waals surface area contributed by atoms with Gasteiger partial charge in [0.25, 0.3) is 0 Å². The number of nitrogens with two attached hydrogens (primary N) is 2. The normalized spacial score (nSPS) is 11.4. The standard InChI is InChI=1S/C17H16F3N5.ClH/c1-8-12(7-10-4-3-5-11(6-10)17(18,19)20)9(2)23-15-13(8)14(21)24-16(22)25-15;/h3-6H,7H2,1-2H3,(H4,21,22,23,24,25);1H. The number of rotatable bonds is 2. The maximum atomic E-state index is 12.9. The van der Waals surface area contributed by atoms with Crippen LogP contribution in [-0.2, 0) is 12.6 Å². The zero-order valence-corrected chi connectivity index (χ0v) is 14.9. The molecule has 0 saturated heterocycles. The van der Waals surface area contributed by atoms with Gasteiger partial charge in [-0.25, -0.2) is 4.98 Å². The van der Waals surface area contributed by atoms with Gasteiger partial charge < -0.3 is 11.5 Å². The average molecular weight is 384 g/mol. The highest BCUT2D eigenvalue weighted by Gasteiger charge is 2.30. The average Bonchev–Trinajstić information content (AvgIpc) is 2.50. The van der Waals surface area contributed by atoms with E-state index in [1.54, 1.807) is 13.0 Å². The van der Waals surface area contributed by atoms with E-state index in [4.69, 9.17) is 11.5 Å². The number of alkyl halides is 3. The van der Waals surface area contributed by atoms with E-state index in [-0.39, 0.29) is 24.2 Å². The molecule has 0 bridgehead atoms. The Morgan fingerprint density at radius 2 is 1.73 bits per heavy atom. The van der Waals surface area contributed by atoms with Crippen molar-refractivity contribution in [2.24, 2.45) is 0 Å². The summed E-state index contributed by atoms with van der Waals surface area (Å²) < 4.78 is 38.7. The molecule has 0 fully saturated rings. The topological polar surface area (TPSA) is 90.7 Å². The smallest absolute Gasteiger partial charge is 0.383 e. The highest BCUT2D eigenvalue weighted by atomic mass is 35.5. The first-order valence-corrected chi connectivity index (χ1v) is 7.51. The van der Waals surface area contributed by atoms with Crippen LogP contribution in [0.25, 0.3) is 11.0 Å². The number of benzene rings is 1. The third-order valence-corrected chi connectivity index (χ3v) is 4.11. The largest absolute Gasteiger partial charge is 0.416 e. The minimum absolute atomic E-state index is 0. The number of anilines is 2. The minimum atomic E-state index is -4.38. The number of halogens is 4. The summed E-state index contributed by atoms with van der Waals surface area (Å²) in [6.07, 6.45) is -4.08. The molecule has 0 aliphatic rings. The van der Waals surface area contributed by atoms with Gasteiger partial charge in [-0.1, -0.05) is 18.2 Å². The first kappa shape index (κ1) is 19.7. The van der Waals surface area contributed by atoms with Gasteiger partial charge in [0.05, 0.1) is 10.9 Å². The summed E-state index contributed by atoms with van der Waals surface area (Å²) in [6, 6.07) is 5.25. The number of hydrogen-bond acceptors (Lipinski definition) is 5. The van der Waals surface area contributed by atoms with Crippen molar-refractivity contribution in [2.75, 3.05) is 11.5 Å². The minimum Gasteiger partial charge on any atom is -0.383 e. The second kappa shape index (κ2) is 6.95. The maximum Gasteiger partial charge on any atom is 0.416 e. The highest BCUT2D eigenvalue weighted by Crippen LogP contribution is 2.31. The molecular weight excluding hydrogens is 367 g/mol. The lowest BCUT2D eigenvalue weighted by Crippen LogP contribution is -2.08. The zero-order valence-electron chi connectivity index (χ0n) is 14.1. The van der Waals surface area contributed by atoms with Crippen molar-refractivity contribution in [3.8, 4) is 0 Å². The van der Waals surface area contributed by atoms with Crippen LogP contribution >= 0.6 is 12.4 Å². The Bertz CT molecular complexity index is 973. The van der Waals surface area contributed by atoms with Crippen LogP contribution in [0.4, 0.5) is 24.9 Å². The molecule has 26 heavy (non-hydrogen) atoms. The van der Waals surface area contributed by atoms with Crippen LogP contribution in [-0.4, -0.2) is 15.0 Å². The number of fused-ring (bicyclic) bond motifs is 1. The van der Waals surface area contributed by atoms with E-state index in [9.17, 15) is 13.2 Å². The molecule has 0 spiro atoms. The second-order valence-corrected chi connectivity index (χ2v) is 5.84. The molecule has 0 radical (unpaired) electrons. The number of nitrogen functional groups attached to an aromatic ring is 2. The van der Waals surface area contributed by atoms with Gasteiger partial charge in [0.1, 0.15) is 5.82 Å². The van der Waals surface area contributed by atoms with Crippen LogP contribution in [0.5, 0.6) is 0 Å². The van der Waals surface area contributed by atoms with Crippen molar-refractivity contribution < 1.29 is 13.2 Å². The molecule has 0 saturated carbocycles. The fourth-order valence-corrected chi connectivity index (χ4v) is 2.89. The van der Waals surface area contributed by atoms with Gasteiger partial charge in [0.2, 0.25) is 5.95 Å². The number of pyridine rings is 1. The SMILES string of the molecule is Cc1nc2nc(N)nc(N)c2c(C)c1Cc1cccc(C(F)(F)F)c1.Cl. The lowest BCUT2D eigenvalue weighted by molar-refractivity contribution is -0.137. The fourth-order valence-electron chi connectivity index (χ4n) is 2.89. The summed E-state index contributed by atoms with van der Waals surface area (Å²) in [5, 5.41) is 0.571. The monoisotopic (exact) mass is 383 g/mol. The first-order valence-electron chi connectivity index (χ1n) is 7.51. The molecule has 9 heteroatoms. The quantitative estimate of drug-likeness (QED) is 0.701. The third kappa shape index (κ3) is 3.65. The van der Waals surface area contributed by atoms with Gasteiger partial charge in [-0.3, -0.25) is 0 Å². The Morgan fingerprint density at radius 3 is 2.38 bits per heavy atom. The van der Waals surface area contributed by atoms with Crippen LogP contribution in [0.3, 0.4) is 0 Å². The Kier molecular flexibility index (Phi) is 5.27. The summed E-state index contributed by atoms with van der Waals surface area (Å²) in [4.78, 5) is 12.4. The van der Waals surface area contributed by atoms with E-state index in [0.717, 1.165) is 23.3 Å². The molecule has 1 aromatic carbocycles. The van der Waals surface area contributed by atoms with Crippen LogP contribution in [0, 0.1) is 13.8 Å². The summed E-state index contributed by atoms with van der Waals surface area (Å²) in [7, 11) is 0. The van der Waals surface area contributed by atoms with Gasteiger partial charge in [0, 0.05) is 5.69 Å². The lowest BCUT2D eigenvalue weighted by Gasteiger charge is -2.14. The second-order valence-electron chi connectivity index (χ2n) is 5.84. The van der Waals surface area contributed by atoms with Crippen LogP contribution in [0.1, 0.15) is 27.9 Å². The summed E-state index contributed by atoms with van der Waals surface area (Å²) in [5.41, 5.74) is 14.0. The molecule has 0 aliphatic heterocycles. The molecule has 4 N–H and O–H groups in total. The molecule has 0 unspecified atom stereocenters. The predicted octanol–water partition coefficient (Wildman–Crippen LogP) is 3.84. The molecule has 0 atom stereocenters.